The van der Waals surface area contributed by atoms with Crippen LogP contribution in [0.3, 0.4) is 0 Å². The Morgan fingerprint density at radius 1 is 1.08 bits per heavy atom. The fraction of sp³-hybridized carbons (Fsp3) is 0.591. The van der Waals surface area contributed by atoms with Crippen molar-refractivity contribution in [3.8, 4) is 11.3 Å². The van der Waals surface area contributed by atoms with Gasteiger partial charge in [-0.25, -0.2) is 4.98 Å². The van der Waals surface area contributed by atoms with E-state index in [2.05, 4.69) is 33.8 Å². The van der Waals surface area contributed by atoms with Gasteiger partial charge in [-0.1, -0.05) is 24.3 Å². The van der Waals surface area contributed by atoms with Crippen molar-refractivity contribution in [3.63, 3.8) is 0 Å². The summed E-state index contributed by atoms with van der Waals surface area (Å²) >= 11 is 0. The molecule has 2 atom stereocenters. The molecule has 1 N–H and O–H groups in total. The Labute approximate surface area is 149 Å². The van der Waals surface area contributed by atoms with E-state index >= 15 is 0 Å². The van der Waals surface area contributed by atoms with Gasteiger partial charge in [-0.2, -0.15) is 0 Å². The van der Waals surface area contributed by atoms with E-state index in [4.69, 9.17) is 0 Å². The van der Waals surface area contributed by atoms with Crippen LogP contribution in [-0.2, 0) is 0 Å². The third kappa shape index (κ3) is 1.99. The van der Waals surface area contributed by atoms with Crippen molar-refractivity contribution in [2.24, 2.45) is 23.2 Å². The van der Waals surface area contributed by atoms with Gasteiger partial charge in [0.1, 0.15) is 0 Å². The van der Waals surface area contributed by atoms with Gasteiger partial charge in [-0.15, -0.1) is 0 Å². The molecule has 0 saturated heterocycles. The van der Waals surface area contributed by atoms with E-state index in [-0.39, 0.29) is 17.6 Å². The lowest BCUT2D eigenvalue weighted by Gasteiger charge is -2.58. The van der Waals surface area contributed by atoms with Crippen LogP contribution in [0.2, 0.25) is 0 Å². The lowest BCUT2D eigenvalue weighted by atomic mass is 9.48. The maximum Gasteiger partial charge on any atom is 0.0956 e. The fourth-order valence-electron chi connectivity index (χ4n) is 7.22. The SMILES string of the molecule is O[C@H](C[C@@H]1c2ccccc2-c2cncn21)C12CC3CC(CC(C3)C1)C2. The number of aliphatic hydroxyl groups is 1. The van der Waals surface area contributed by atoms with Crippen molar-refractivity contribution < 1.29 is 5.11 Å². The number of fused-ring (bicyclic) bond motifs is 3. The predicted molar refractivity (Wildman–Crippen MR) is 97.0 cm³/mol. The van der Waals surface area contributed by atoms with Crippen LogP contribution in [0.5, 0.6) is 0 Å². The van der Waals surface area contributed by atoms with Crippen molar-refractivity contribution in [3.05, 3.63) is 42.4 Å². The summed E-state index contributed by atoms with van der Waals surface area (Å²) in [6, 6.07) is 8.91. The zero-order valence-electron chi connectivity index (χ0n) is 14.6. The molecule has 2 heterocycles. The van der Waals surface area contributed by atoms with Crippen LogP contribution in [0, 0.1) is 23.2 Å². The molecule has 4 fully saturated rings. The summed E-state index contributed by atoms with van der Waals surface area (Å²) in [7, 11) is 0. The highest BCUT2D eigenvalue weighted by atomic mass is 16.3. The molecule has 25 heavy (non-hydrogen) atoms. The van der Waals surface area contributed by atoms with Gasteiger partial charge in [0.25, 0.3) is 0 Å². The molecule has 0 spiro atoms. The first-order chi connectivity index (χ1) is 12.2. The molecule has 5 aliphatic rings. The third-order valence-corrected chi connectivity index (χ3v) is 7.84. The zero-order valence-corrected chi connectivity index (χ0v) is 14.6. The average molecular weight is 334 g/mol. The first kappa shape index (κ1) is 14.5. The number of hydrogen-bond donors (Lipinski definition) is 1. The molecule has 0 radical (unpaired) electrons. The fourth-order valence-corrected chi connectivity index (χ4v) is 7.22. The molecule has 4 aliphatic carbocycles. The van der Waals surface area contributed by atoms with Crippen LogP contribution >= 0.6 is 0 Å². The lowest BCUT2D eigenvalue weighted by Crippen LogP contribution is -2.52. The molecule has 3 heteroatoms. The summed E-state index contributed by atoms with van der Waals surface area (Å²) in [6.07, 6.45) is 12.7. The minimum absolute atomic E-state index is 0.188. The lowest BCUT2D eigenvalue weighted by molar-refractivity contribution is -0.124. The highest BCUT2D eigenvalue weighted by molar-refractivity contribution is 5.68. The van der Waals surface area contributed by atoms with Crippen molar-refractivity contribution in [1.29, 1.82) is 0 Å². The molecule has 1 aromatic heterocycles. The predicted octanol–water partition coefficient (Wildman–Crippen LogP) is 4.42. The van der Waals surface area contributed by atoms with Gasteiger partial charge < -0.3 is 9.67 Å². The summed E-state index contributed by atoms with van der Waals surface area (Å²) in [5, 5.41) is 11.4. The molecule has 0 unspecified atom stereocenters. The standard InChI is InChI=1S/C22H26N2O/c25-21(22-9-14-5-15(10-22)7-16(6-14)11-22)8-19-17-3-1-2-4-18(17)20-12-23-13-24(19)20/h1-4,12-16,19,21,25H,5-11H2/t14?,15?,16?,19-,21-,22?/m1/s1. The van der Waals surface area contributed by atoms with Crippen molar-refractivity contribution >= 4 is 0 Å². The van der Waals surface area contributed by atoms with Gasteiger partial charge in [0.2, 0.25) is 0 Å². The molecule has 4 bridgehead atoms. The van der Waals surface area contributed by atoms with E-state index in [0.717, 1.165) is 24.2 Å². The van der Waals surface area contributed by atoms with Gasteiger partial charge in [0.05, 0.1) is 30.4 Å². The van der Waals surface area contributed by atoms with Gasteiger partial charge in [-0.05, 0) is 73.7 Å². The maximum atomic E-state index is 11.4. The second-order valence-corrected chi connectivity index (χ2v) is 9.32. The highest BCUT2D eigenvalue weighted by Gasteiger charge is 2.54. The summed E-state index contributed by atoms with van der Waals surface area (Å²) in [5.74, 6) is 2.67. The normalized spacial score (nSPS) is 38.6. The van der Waals surface area contributed by atoms with Gasteiger partial charge in [-0.3, -0.25) is 0 Å². The molecule has 2 aromatic rings. The van der Waals surface area contributed by atoms with E-state index in [1.165, 1.54) is 55.3 Å². The second kappa shape index (κ2) is 4.97. The molecule has 4 saturated carbocycles. The first-order valence-electron chi connectivity index (χ1n) is 10.0. The number of benzene rings is 1. The minimum Gasteiger partial charge on any atom is -0.392 e. The Bertz CT molecular complexity index is 788. The molecule has 3 nitrogen and oxygen atoms in total. The van der Waals surface area contributed by atoms with Crippen LogP contribution in [-0.4, -0.2) is 20.8 Å². The molecule has 7 rings (SSSR count). The second-order valence-electron chi connectivity index (χ2n) is 9.32. The smallest absolute Gasteiger partial charge is 0.0956 e. The van der Waals surface area contributed by atoms with Crippen LogP contribution in [0.4, 0.5) is 0 Å². The van der Waals surface area contributed by atoms with Crippen LogP contribution in [0.25, 0.3) is 11.3 Å². The van der Waals surface area contributed by atoms with Crippen LogP contribution in [0.1, 0.15) is 56.6 Å². The first-order valence-corrected chi connectivity index (χ1v) is 10.0. The van der Waals surface area contributed by atoms with Gasteiger partial charge >= 0.3 is 0 Å². The van der Waals surface area contributed by atoms with E-state index in [9.17, 15) is 5.11 Å². The Morgan fingerprint density at radius 3 is 2.48 bits per heavy atom. The zero-order chi connectivity index (χ0) is 16.6. The van der Waals surface area contributed by atoms with Gasteiger partial charge in [0.15, 0.2) is 0 Å². The molecule has 1 aromatic carbocycles. The Hall–Kier alpha value is -1.61. The van der Waals surface area contributed by atoms with Crippen molar-refractivity contribution in [1.82, 2.24) is 9.55 Å². The summed E-state index contributed by atoms with van der Waals surface area (Å²) in [5.41, 5.74) is 4.07. The minimum atomic E-state index is -0.188. The monoisotopic (exact) mass is 334 g/mol. The molecule has 0 amide bonds. The van der Waals surface area contributed by atoms with E-state index in [1.807, 2.05) is 12.5 Å². The van der Waals surface area contributed by atoms with Crippen LogP contribution in [0.15, 0.2) is 36.8 Å². The number of aliphatic hydroxyl groups excluding tert-OH is 1. The molecule has 130 valence electrons. The largest absolute Gasteiger partial charge is 0.392 e. The average Bonchev–Trinajstić information content (AvgIpc) is 3.17. The Balaban J connectivity index is 1.33. The number of rotatable bonds is 3. The molecular formula is C22H26N2O. The quantitative estimate of drug-likeness (QED) is 0.902. The third-order valence-electron chi connectivity index (χ3n) is 7.84. The van der Waals surface area contributed by atoms with E-state index < -0.39 is 0 Å². The Kier molecular flexibility index (Phi) is 2.89. The van der Waals surface area contributed by atoms with Gasteiger partial charge in [0, 0.05) is 5.56 Å². The Morgan fingerprint density at radius 2 is 1.76 bits per heavy atom. The van der Waals surface area contributed by atoms with Crippen molar-refractivity contribution in [2.45, 2.75) is 57.1 Å². The summed E-state index contributed by atoms with van der Waals surface area (Å²) in [6.45, 7) is 0. The van der Waals surface area contributed by atoms with Crippen molar-refractivity contribution in [2.75, 3.05) is 0 Å². The number of nitrogens with zero attached hydrogens (tertiary/aromatic N) is 2. The van der Waals surface area contributed by atoms with E-state index in [1.54, 1.807) is 0 Å². The van der Waals surface area contributed by atoms with E-state index in [0.29, 0.717) is 0 Å². The number of hydrogen-bond acceptors (Lipinski definition) is 2. The highest BCUT2D eigenvalue weighted by Crippen LogP contribution is 2.62. The number of imidazole rings is 1. The maximum absolute atomic E-state index is 11.4. The van der Waals surface area contributed by atoms with Crippen LogP contribution < -0.4 is 0 Å². The summed E-state index contributed by atoms with van der Waals surface area (Å²) in [4.78, 5) is 4.37. The summed E-state index contributed by atoms with van der Waals surface area (Å²) < 4.78 is 2.29. The molecule has 1 aliphatic heterocycles. The molecular weight excluding hydrogens is 308 g/mol. The topological polar surface area (TPSA) is 38.1 Å². The number of aromatic nitrogens is 2.